The van der Waals surface area contributed by atoms with Crippen LogP contribution in [0.5, 0.6) is 5.75 Å². The van der Waals surface area contributed by atoms with Crippen molar-refractivity contribution in [1.29, 1.82) is 0 Å². The fraction of sp³-hybridized carbons (Fsp3) is 0.462. The molecule has 1 aliphatic heterocycles. The van der Waals surface area contributed by atoms with Crippen molar-refractivity contribution in [3.8, 4) is 5.75 Å². The predicted molar refractivity (Wildman–Crippen MR) is 131 cm³/mol. The molecule has 0 aliphatic carbocycles. The molecule has 7 heteroatoms. The number of amides is 1. The Balaban J connectivity index is 1.65. The number of fused-ring (bicyclic) bond motifs is 1. The summed E-state index contributed by atoms with van der Waals surface area (Å²) in [7, 11) is 3.70. The lowest BCUT2D eigenvalue weighted by atomic mass is 9.90. The number of para-hydroxylation sites is 1. The van der Waals surface area contributed by atoms with Crippen molar-refractivity contribution in [3.05, 3.63) is 63.2 Å². The molecule has 33 heavy (non-hydrogen) atoms. The second kappa shape index (κ2) is 9.43. The molecule has 1 saturated heterocycles. The normalized spacial score (nSPS) is 16.2. The molecule has 2 N–H and O–H groups in total. The summed E-state index contributed by atoms with van der Waals surface area (Å²) >= 11 is 0. The second-order valence-corrected chi connectivity index (χ2v) is 9.24. The molecule has 0 saturated carbocycles. The number of ether oxygens (including phenoxy) is 1. The smallest absolute Gasteiger partial charge is 0.256 e. The van der Waals surface area contributed by atoms with Gasteiger partial charge in [0.05, 0.1) is 24.8 Å². The molecule has 3 aromatic rings. The zero-order valence-electron chi connectivity index (χ0n) is 20.2. The number of piperidine rings is 1. The fourth-order valence-electron chi connectivity index (χ4n) is 5.22. The number of carbonyl (C=O) groups is 1. The number of aromatic amines is 1. The topological polar surface area (TPSA) is 79.4 Å². The Labute approximate surface area is 194 Å². The Morgan fingerprint density at radius 3 is 2.64 bits per heavy atom. The summed E-state index contributed by atoms with van der Waals surface area (Å²) in [5.41, 5.74) is 3.60. The highest BCUT2D eigenvalue weighted by molar-refractivity contribution is 6.08. The van der Waals surface area contributed by atoms with Crippen LogP contribution in [0.2, 0.25) is 0 Å². The number of rotatable bonds is 6. The Hall–Kier alpha value is -3.06. The van der Waals surface area contributed by atoms with Crippen LogP contribution >= 0.6 is 0 Å². The molecule has 1 aromatic carbocycles. The second-order valence-electron chi connectivity index (χ2n) is 9.24. The minimum Gasteiger partial charge on any atom is -0.496 e. The molecule has 4 rings (SSSR count). The molecule has 176 valence electrons. The van der Waals surface area contributed by atoms with Crippen molar-refractivity contribution in [2.45, 2.75) is 46.2 Å². The van der Waals surface area contributed by atoms with Gasteiger partial charge in [0.1, 0.15) is 5.75 Å². The van der Waals surface area contributed by atoms with E-state index < -0.39 is 0 Å². The summed E-state index contributed by atoms with van der Waals surface area (Å²) in [5.74, 6) is 0.869. The van der Waals surface area contributed by atoms with E-state index in [0.29, 0.717) is 34.5 Å². The third-order valence-corrected chi connectivity index (χ3v) is 7.11. The minimum absolute atomic E-state index is 0.0983. The molecule has 1 amide bonds. The van der Waals surface area contributed by atoms with Gasteiger partial charge in [-0.1, -0.05) is 18.2 Å². The fourth-order valence-corrected chi connectivity index (χ4v) is 5.22. The molecule has 3 heterocycles. The summed E-state index contributed by atoms with van der Waals surface area (Å²) in [4.78, 5) is 31.0. The van der Waals surface area contributed by atoms with Gasteiger partial charge in [0.2, 0.25) is 0 Å². The maximum absolute atomic E-state index is 13.4. The molecule has 0 bridgehead atoms. The first-order chi connectivity index (χ1) is 15.8. The van der Waals surface area contributed by atoms with Crippen LogP contribution in [0.1, 0.15) is 53.1 Å². The molecule has 2 aromatic heterocycles. The lowest BCUT2D eigenvalue weighted by molar-refractivity contribution is 0.0951. The number of hydrogen-bond acceptors (Lipinski definition) is 4. The van der Waals surface area contributed by atoms with Gasteiger partial charge in [0.15, 0.2) is 0 Å². The van der Waals surface area contributed by atoms with Crippen LogP contribution in [0.15, 0.2) is 35.1 Å². The average Bonchev–Trinajstić information content (AvgIpc) is 3.09. The predicted octanol–water partition coefficient (Wildman–Crippen LogP) is 3.79. The number of carbonyl (C=O) groups excluding carboxylic acids is 1. The van der Waals surface area contributed by atoms with E-state index in [1.54, 1.807) is 13.0 Å². The SMILES string of the molecule is COc1cc(C)[nH]c(=O)c1CNC(=O)c1c(C)n([C@@H](C)C2CCN(C)CC2)c2ccccc12. The molecule has 0 unspecified atom stereocenters. The largest absolute Gasteiger partial charge is 0.496 e. The van der Waals surface area contributed by atoms with Crippen LogP contribution < -0.4 is 15.6 Å². The third kappa shape index (κ3) is 4.42. The van der Waals surface area contributed by atoms with Crippen LogP contribution in [0.4, 0.5) is 0 Å². The Bertz CT molecular complexity index is 1220. The van der Waals surface area contributed by atoms with Gasteiger partial charge in [-0.3, -0.25) is 9.59 Å². The molecule has 0 radical (unpaired) electrons. The van der Waals surface area contributed by atoms with Gasteiger partial charge in [-0.15, -0.1) is 0 Å². The van der Waals surface area contributed by atoms with E-state index in [1.807, 2.05) is 25.1 Å². The van der Waals surface area contributed by atoms with Gasteiger partial charge in [-0.2, -0.15) is 0 Å². The molecule has 7 nitrogen and oxygen atoms in total. The highest BCUT2D eigenvalue weighted by Crippen LogP contribution is 2.35. The number of methoxy groups -OCH3 is 1. The van der Waals surface area contributed by atoms with Crippen LogP contribution in [0, 0.1) is 19.8 Å². The van der Waals surface area contributed by atoms with Crippen molar-refractivity contribution in [3.63, 3.8) is 0 Å². The van der Waals surface area contributed by atoms with E-state index in [1.165, 1.54) is 7.11 Å². The first-order valence-electron chi connectivity index (χ1n) is 11.6. The highest BCUT2D eigenvalue weighted by atomic mass is 16.5. The number of pyridine rings is 1. The lowest BCUT2D eigenvalue weighted by Crippen LogP contribution is -2.33. The monoisotopic (exact) mass is 450 g/mol. The van der Waals surface area contributed by atoms with Gasteiger partial charge >= 0.3 is 0 Å². The van der Waals surface area contributed by atoms with Crippen LogP contribution in [-0.4, -0.2) is 47.6 Å². The molecule has 0 spiro atoms. The van der Waals surface area contributed by atoms with Crippen molar-refractivity contribution in [2.75, 3.05) is 27.2 Å². The van der Waals surface area contributed by atoms with Gasteiger partial charge in [0.25, 0.3) is 11.5 Å². The van der Waals surface area contributed by atoms with Crippen LogP contribution in [-0.2, 0) is 6.54 Å². The number of hydrogen-bond donors (Lipinski definition) is 2. The van der Waals surface area contributed by atoms with Crippen molar-refractivity contribution in [1.82, 2.24) is 19.8 Å². The number of nitrogens with one attached hydrogen (secondary N) is 2. The molecule has 1 atom stereocenters. The minimum atomic E-state index is -0.248. The van der Waals surface area contributed by atoms with Crippen LogP contribution in [0.25, 0.3) is 10.9 Å². The zero-order chi connectivity index (χ0) is 23.7. The average molecular weight is 451 g/mol. The van der Waals surface area contributed by atoms with E-state index in [-0.39, 0.29) is 18.0 Å². The number of likely N-dealkylation sites (tertiary alicyclic amines) is 1. The van der Waals surface area contributed by atoms with E-state index >= 15 is 0 Å². The summed E-state index contributed by atoms with van der Waals surface area (Å²) in [6, 6.07) is 10.2. The maximum Gasteiger partial charge on any atom is 0.256 e. The molecule has 1 fully saturated rings. The van der Waals surface area contributed by atoms with E-state index in [0.717, 1.165) is 42.5 Å². The van der Waals surface area contributed by atoms with E-state index in [2.05, 4.69) is 39.8 Å². The summed E-state index contributed by atoms with van der Waals surface area (Å²) in [6.45, 7) is 8.41. The summed E-state index contributed by atoms with van der Waals surface area (Å²) < 4.78 is 7.70. The highest BCUT2D eigenvalue weighted by Gasteiger charge is 2.28. The Morgan fingerprint density at radius 1 is 1.24 bits per heavy atom. The van der Waals surface area contributed by atoms with Gasteiger partial charge in [-0.25, -0.2) is 0 Å². The molecule has 1 aliphatic rings. The van der Waals surface area contributed by atoms with Crippen LogP contribution in [0.3, 0.4) is 0 Å². The van der Waals surface area contributed by atoms with Crippen molar-refractivity contribution in [2.24, 2.45) is 5.92 Å². The summed E-state index contributed by atoms with van der Waals surface area (Å²) in [5, 5.41) is 3.90. The Kier molecular flexibility index (Phi) is 6.61. The van der Waals surface area contributed by atoms with Gasteiger partial charge in [0, 0.05) is 28.3 Å². The number of aryl methyl sites for hydroxylation is 1. The lowest BCUT2D eigenvalue weighted by Gasteiger charge is -2.34. The number of benzene rings is 1. The quantitative estimate of drug-likeness (QED) is 0.599. The maximum atomic E-state index is 13.4. The zero-order valence-corrected chi connectivity index (χ0v) is 20.2. The first-order valence-corrected chi connectivity index (χ1v) is 11.6. The van der Waals surface area contributed by atoms with Crippen molar-refractivity contribution < 1.29 is 9.53 Å². The van der Waals surface area contributed by atoms with E-state index in [4.69, 9.17) is 4.74 Å². The van der Waals surface area contributed by atoms with Gasteiger partial charge in [-0.05, 0) is 71.8 Å². The molecular formula is C26H34N4O3. The third-order valence-electron chi connectivity index (χ3n) is 7.11. The first kappa shape index (κ1) is 23.1. The Morgan fingerprint density at radius 2 is 1.94 bits per heavy atom. The number of H-pyrrole nitrogens is 1. The standard InChI is InChI=1S/C26H34N4O3/c1-16-14-23(33-5)21(25(31)28-16)15-27-26(32)24-18(3)30(22-9-7-6-8-20(22)24)17(2)19-10-12-29(4)13-11-19/h6-9,14,17,19H,10-13,15H2,1-5H3,(H,27,32)(H,28,31)/t17-/m0/s1. The molecular weight excluding hydrogens is 416 g/mol. The van der Waals surface area contributed by atoms with E-state index in [9.17, 15) is 9.59 Å². The number of nitrogens with zero attached hydrogens (tertiary/aromatic N) is 2. The van der Waals surface area contributed by atoms with Crippen molar-refractivity contribution >= 4 is 16.8 Å². The summed E-state index contributed by atoms with van der Waals surface area (Å²) in [6.07, 6.45) is 2.31. The number of aromatic nitrogens is 2. The van der Waals surface area contributed by atoms with Gasteiger partial charge < -0.3 is 24.5 Å².